The molecular weight excluding hydrogens is 302 g/mol. The van der Waals surface area contributed by atoms with E-state index < -0.39 is 11.4 Å². The minimum Gasteiger partial charge on any atom is -0.478 e. The molecule has 2 atom stereocenters. The Hall–Kier alpha value is -2.33. The van der Waals surface area contributed by atoms with Gasteiger partial charge in [-0.25, -0.2) is 4.79 Å². The maximum atomic E-state index is 12.5. The van der Waals surface area contributed by atoms with Gasteiger partial charge in [-0.3, -0.25) is 4.79 Å². The van der Waals surface area contributed by atoms with E-state index >= 15 is 0 Å². The van der Waals surface area contributed by atoms with Crippen molar-refractivity contribution < 1.29 is 14.7 Å². The van der Waals surface area contributed by atoms with E-state index in [0.717, 1.165) is 11.1 Å². The van der Waals surface area contributed by atoms with E-state index in [2.05, 4.69) is 5.32 Å². The van der Waals surface area contributed by atoms with Gasteiger partial charge in [0.1, 0.15) is 0 Å². The Kier molecular flexibility index (Phi) is 2.63. The first-order valence-electron chi connectivity index (χ1n) is 6.97. The maximum absolute atomic E-state index is 12.5. The van der Waals surface area contributed by atoms with E-state index in [1.165, 1.54) is 6.07 Å². The van der Waals surface area contributed by atoms with Gasteiger partial charge in [-0.2, -0.15) is 0 Å². The van der Waals surface area contributed by atoms with Crippen LogP contribution in [0.15, 0.2) is 42.5 Å². The smallest absolute Gasteiger partial charge is 0.335 e. The second-order valence-corrected chi connectivity index (χ2v) is 6.24. The van der Waals surface area contributed by atoms with E-state index in [4.69, 9.17) is 16.7 Å². The number of rotatable bonds is 2. The number of carbonyl (C=O) groups excluding carboxylic acids is 1. The number of hydrogen-bond acceptors (Lipinski definition) is 2. The van der Waals surface area contributed by atoms with E-state index in [-0.39, 0.29) is 17.4 Å². The molecule has 1 spiro atoms. The Balaban J connectivity index is 1.81. The van der Waals surface area contributed by atoms with Crippen LogP contribution in [-0.2, 0) is 10.2 Å². The summed E-state index contributed by atoms with van der Waals surface area (Å²) in [5.74, 6) is -1.01. The number of fused-ring (bicyclic) bond motifs is 2. The predicted molar refractivity (Wildman–Crippen MR) is 82.5 cm³/mol. The molecule has 22 heavy (non-hydrogen) atoms. The number of aromatic carboxylic acids is 1. The highest BCUT2D eigenvalue weighted by Crippen LogP contribution is 2.65. The molecule has 1 fully saturated rings. The van der Waals surface area contributed by atoms with Crippen LogP contribution in [0.25, 0.3) is 0 Å². The zero-order chi connectivity index (χ0) is 15.5. The van der Waals surface area contributed by atoms with Crippen LogP contribution in [0.2, 0.25) is 5.02 Å². The summed E-state index contributed by atoms with van der Waals surface area (Å²) in [4.78, 5) is 23.7. The van der Waals surface area contributed by atoms with Crippen molar-refractivity contribution in [3.05, 3.63) is 64.2 Å². The summed E-state index contributed by atoms with van der Waals surface area (Å²) >= 11 is 6.04. The van der Waals surface area contributed by atoms with Gasteiger partial charge in [0.05, 0.1) is 11.0 Å². The molecule has 2 aliphatic rings. The molecule has 5 heteroatoms. The normalized spacial score (nSPS) is 25.0. The predicted octanol–water partition coefficient (Wildman–Crippen LogP) is 3.42. The van der Waals surface area contributed by atoms with Crippen LogP contribution in [0.1, 0.15) is 33.8 Å². The topological polar surface area (TPSA) is 66.4 Å². The summed E-state index contributed by atoms with van der Waals surface area (Å²) in [6.07, 6.45) is 0.676. The van der Waals surface area contributed by atoms with Crippen molar-refractivity contribution in [2.75, 3.05) is 5.32 Å². The quantitative estimate of drug-likeness (QED) is 0.892. The number of carboxylic acids is 1. The number of anilines is 1. The van der Waals surface area contributed by atoms with Gasteiger partial charge >= 0.3 is 5.97 Å². The minimum atomic E-state index is -0.989. The van der Waals surface area contributed by atoms with Crippen molar-refractivity contribution in [1.82, 2.24) is 0 Å². The van der Waals surface area contributed by atoms with E-state index in [1.807, 2.05) is 18.2 Å². The molecule has 1 amide bonds. The van der Waals surface area contributed by atoms with Crippen molar-refractivity contribution in [3.63, 3.8) is 0 Å². The summed E-state index contributed by atoms with van der Waals surface area (Å²) < 4.78 is 0. The Bertz CT molecular complexity index is 832. The largest absolute Gasteiger partial charge is 0.478 e. The van der Waals surface area contributed by atoms with Crippen LogP contribution < -0.4 is 5.32 Å². The second-order valence-electron chi connectivity index (χ2n) is 5.80. The molecule has 2 N–H and O–H groups in total. The molecule has 2 aromatic carbocycles. The average molecular weight is 314 g/mol. The fourth-order valence-corrected chi connectivity index (χ4v) is 3.65. The summed E-state index contributed by atoms with van der Waals surface area (Å²) in [6, 6.07) is 12.3. The lowest BCUT2D eigenvalue weighted by atomic mass is 9.91. The third-order valence-electron chi connectivity index (χ3n) is 4.61. The van der Waals surface area contributed by atoms with Gasteiger partial charge in [-0.05, 0) is 47.9 Å². The zero-order valence-corrected chi connectivity index (χ0v) is 12.2. The molecule has 0 unspecified atom stereocenters. The van der Waals surface area contributed by atoms with Gasteiger partial charge in [-0.15, -0.1) is 0 Å². The lowest BCUT2D eigenvalue weighted by molar-refractivity contribution is -0.118. The minimum absolute atomic E-state index is 0.0384. The van der Waals surface area contributed by atoms with Crippen molar-refractivity contribution in [1.29, 1.82) is 0 Å². The summed E-state index contributed by atoms with van der Waals surface area (Å²) in [5, 5.41) is 12.7. The number of carboxylic acid groups (broad SMARTS) is 1. The van der Waals surface area contributed by atoms with Gasteiger partial charge in [0.15, 0.2) is 0 Å². The molecule has 0 radical (unpaired) electrons. The summed E-state index contributed by atoms with van der Waals surface area (Å²) in [6.45, 7) is 0. The monoisotopic (exact) mass is 313 g/mol. The maximum Gasteiger partial charge on any atom is 0.335 e. The van der Waals surface area contributed by atoms with Gasteiger partial charge in [0.25, 0.3) is 0 Å². The van der Waals surface area contributed by atoms with Crippen LogP contribution in [0, 0.1) is 0 Å². The molecule has 1 aliphatic heterocycles. The first-order chi connectivity index (χ1) is 10.5. The van der Waals surface area contributed by atoms with E-state index in [9.17, 15) is 9.59 Å². The molecule has 0 bridgehead atoms. The van der Waals surface area contributed by atoms with Crippen LogP contribution in [0.4, 0.5) is 5.69 Å². The lowest BCUT2D eigenvalue weighted by Gasteiger charge is -2.09. The highest BCUT2D eigenvalue weighted by molar-refractivity contribution is 6.30. The number of hydrogen-bond donors (Lipinski definition) is 2. The molecule has 4 nitrogen and oxygen atoms in total. The van der Waals surface area contributed by atoms with Crippen molar-refractivity contribution in [2.24, 2.45) is 0 Å². The number of carbonyl (C=O) groups is 2. The van der Waals surface area contributed by atoms with Gasteiger partial charge in [-0.1, -0.05) is 23.7 Å². The lowest BCUT2D eigenvalue weighted by Crippen LogP contribution is -2.21. The molecule has 0 saturated heterocycles. The van der Waals surface area contributed by atoms with Crippen molar-refractivity contribution in [2.45, 2.75) is 17.8 Å². The molecule has 0 aromatic heterocycles. The SMILES string of the molecule is O=C(O)c1ccc2c(c1)[C@]1(C[C@H]1c1cccc(Cl)c1)C(=O)N2. The first-order valence-corrected chi connectivity index (χ1v) is 7.35. The van der Waals surface area contributed by atoms with Crippen LogP contribution in [0.3, 0.4) is 0 Å². The number of amides is 1. The van der Waals surface area contributed by atoms with Crippen LogP contribution >= 0.6 is 11.6 Å². The fourth-order valence-electron chi connectivity index (χ4n) is 3.45. The van der Waals surface area contributed by atoms with E-state index in [0.29, 0.717) is 17.1 Å². The van der Waals surface area contributed by atoms with Crippen molar-refractivity contribution in [3.8, 4) is 0 Å². The average Bonchev–Trinajstić information content (AvgIpc) is 3.17. The second kappa shape index (κ2) is 4.34. The molecule has 1 heterocycles. The molecule has 1 saturated carbocycles. The first kappa shape index (κ1) is 13.3. The Labute approximate surface area is 131 Å². The Morgan fingerprint density at radius 1 is 1.27 bits per heavy atom. The zero-order valence-electron chi connectivity index (χ0n) is 11.5. The highest BCUT2D eigenvalue weighted by atomic mass is 35.5. The number of benzene rings is 2. The van der Waals surface area contributed by atoms with E-state index in [1.54, 1.807) is 18.2 Å². The molecule has 2 aromatic rings. The third kappa shape index (κ3) is 1.70. The Morgan fingerprint density at radius 2 is 2.09 bits per heavy atom. The number of halogens is 1. The number of nitrogens with one attached hydrogen (secondary N) is 1. The van der Waals surface area contributed by atoms with Gasteiger partial charge < -0.3 is 10.4 Å². The summed E-state index contributed by atoms with van der Waals surface area (Å²) in [5.41, 5.74) is 2.05. The fraction of sp³-hybridized carbons (Fsp3) is 0.176. The van der Waals surface area contributed by atoms with Crippen LogP contribution in [0.5, 0.6) is 0 Å². The van der Waals surface area contributed by atoms with Gasteiger partial charge in [0, 0.05) is 16.6 Å². The highest BCUT2D eigenvalue weighted by Gasteiger charge is 2.65. The standard InChI is InChI=1S/C17H12ClNO3/c18-11-3-1-2-9(6-11)13-8-17(13)12-7-10(15(20)21)4-5-14(12)19-16(17)22/h1-7,13H,8H2,(H,19,22)(H,20,21)/t13-,17-/m0/s1. The summed E-state index contributed by atoms with van der Waals surface area (Å²) in [7, 11) is 0. The van der Waals surface area contributed by atoms with Gasteiger partial charge in [0.2, 0.25) is 5.91 Å². The molecular formula is C17H12ClNO3. The Morgan fingerprint density at radius 3 is 2.82 bits per heavy atom. The van der Waals surface area contributed by atoms with Crippen LogP contribution in [-0.4, -0.2) is 17.0 Å². The third-order valence-corrected chi connectivity index (χ3v) is 4.85. The van der Waals surface area contributed by atoms with Crippen molar-refractivity contribution >= 4 is 29.2 Å². The molecule has 4 rings (SSSR count). The molecule has 110 valence electrons. The molecule has 1 aliphatic carbocycles.